The lowest BCUT2D eigenvalue weighted by Gasteiger charge is -2.01. The molecule has 0 unspecified atom stereocenters. The third kappa shape index (κ3) is 3.76. The summed E-state index contributed by atoms with van der Waals surface area (Å²) in [5.74, 6) is -0.111. The molecule has 0 atom stereocenters. The summed E-state index contributed by atoms with van der Waals surface area (Å²) in [6, 6.07) is 8.60. The number of nitrogens with zero attached hydrogens (tertiary/aromatic N) is 1. The average Bonchev–Trinajstić information content (AvgIpc) is 2.27. The van der Waals surface area contributed by atoms with Crippen molar-refractivity contribution in [2.45, 2.75) is 6.92 Å². The molecule has 1 aromatic carbocycles. The van der Waals surface area contributed by atoms with Crippen LogP contribution >= 0.6 is 11.6 Å². The Morgan fingerprint density at radius 1 is 1.50 bits per heavy atom. The number of hydrogen-bond donors (Lipinski definition) is 1. The van der Waals surface area contributed by atoms with Crippen molar-refractivity contribution in [3.63, 3.8) is 0 Å². The quantitative estimate of drug-likeness (QED) is 0.495. The topological polar surface area (TPSA) is 52.9 Å². The van der Waals surface area contributed by atoms with Gasteiger partial charge in [0.1, 0.15) is 6.54 Å². The number of benzene rings is 1. The molecule has 0 saturated carbocycles. The van der Waals surface area contributed by atoms with Crippen LogP contribution in [0.1, 0.15) is 17.3 Å². The Bertz CT molecular complexity index is 443. The van der Waals surface area contributed by atoms with Crippen molar-refractivity contribution in [2.75, 3.05) is 6.54 Å². The van der Waals surface area contributed by atoms with Crippen molar-refractivity contribution in [2.24, 2.45) is 0 Å². The van der Waals surface area contributed by atoms with Gasteiger partial charge in [-0.2, -0.15) is 5.26 Å². The van der Waals surface area contributed by atoms with Gasteiger partial charge in [-0.05, 0) is 31.2 Å². The van der Waals surface area contributed by atoms with Crippen LogP contribution < -0.4 is 5.32 Å². The minimum atomic E-state index is -0.111. The molecule has 0 radical (unpaired) electrons. The first-order valence-corrected chi connectivity index (χ1v) is 5.10. The van der Waals surface area contributed by atoms with Crippen LogP contribution in [0.3, 0.4) is 0 Å². The van der Waals surface area contributed by atoms with Gasteiger partial charge in [0.15, 0.2) is 5.78 Å². The Balaban J connectivity index is 2.72. The summed E-state index contributed by atoms with van der Waals surface area (Å²) in [7, 11) is 0. The van der Waals surface area contributed by atoms with Gasteiger partial charge in [0.25, 0.3) is 0 Å². The molecule has 3 nitrogen and oxygen atoms in total. The van der Waals surface area contributed by atoms with Crippen LogP contribution in [-0.4, -0.2) is 12.3 Å². The summed E-state index contributed by atoms with van der Waals surface area (Å²) in [6.45, 7) is 1.93. The van der Waals surface area contributed by atoms with Crippen LogP contribution in [0, 0.1) is 11.3 Å². The maximum absolute atomic E-state index is 11.7. The Labute approximate surface area is 99.3 Å². The second-order valence-electron chi connectivity index (χ2n) is 3.21. The number of carbonyl (C=O) groups excluding carboxylic acids is 1. The van der Waals surface area contributed by atoms with Gasteiger partial charge in [-0.1, -0.05) is 11.6 Å². The van der Waals surface area contributed by atoms with Crippen molar-refractivity contribution in [1.82, 2.24) is 5.32 Å². The molecule has 0 aliphatic rings. The summed E-state index contributed by atoms with van der Waals surface area (Å²) >= 11 is 5.72. The van der Waals surface area contributed by atoms with E-state index in [1.54, 1.807) is 31.2 Å². The van der Waals surface area contributed by atoms with Gasteiger partial charge in [0.05, 0.1) is 6.07 Å². The number of hydrogen-bond acceptors (Lipinski definition) is 3. The molecule has 0 aliphatic heterocycles. The SMILES string of the molecule is CC(=CC(=O)c1ccc(Cl)cc1)NCC#N. The molecular weight excluding hydrogens is 224 g/mol. The molecular formula is C12H11ClN2O. The summed E-state index contributed by atoms with van der Waals surface area (Å²) in [6.07, 6.45) is 1.46. The highest BCUT2D eigenvalue weighted by molar-refractivity contribution is 6.30. The van der Waals surface area contributed by atoms with Crippen molar-refractivity contribution in [1.29, 1.82) is 5.26 Å². The molecule has 4 heteroatoms. The van der Waals surface area contributed by atoms with Gasteiger partial charge >= 0.3 is 0 Å². The van der Waals surface area contributed by atoms with Crippen molar-refractivity contribution in [3.8, 4) is 6.07 Å². The van der Waals surface area contributed by atoms with E-state index in [1.807, 2.05) is 6.07 Å². The van der Waals surface area contributed by atoms with E-state index in [9.17, 15) is 4.79 Å². The number of ketones is 1. The van der Waals surface area contributed by atoms with Gasteiger partial charge < -0.3 is 5.32 Å². The van der Waals surface area contributed by atoms with E-state index in [0.29, 0.717) is 16.3 Å². The monoisotopic (exact) mass is 234 g/mol. The van der Waals surface area contributed by atoms with E-state index in [4.69, 9.17) is 16.9 Å². The maximum Gasteiger partial charge on any atom is 0.187 e. The first-order chi connectivity index (χ1) is 7.63. The van der Waals surface area contributed by atoms with E-state index >= 15 is 0 Å². The predicted molar refractivity (Wildman–Crippen MR) is 63.2 cm³/mol. The first kappa shape index (κ1) is 12.3. The van der Waals surface area contributed by atoms with Crippen molar-refractivity contribution < 1.29 is 4.79 Å². The van der Waals surface area contributed by atoms with Gasteiger partial charge in [-0.15, -0.1) is 0 Å². The van der Waals surface area contributed by atoms with Crippen LogP contribution in [0.2, 0.25) is 5.02 Å². The second kappa shape index (κ2) is 5.94. The Kier molecular flexibility index (Phi) is 4.56. The van der Waals surface area contributed by atoms with E-state index in [1.165, 1.54) is 6.08 Å². The van der Waals surface area contributed by atoms with Gasteiger partial charge in [-0.3, -0.25) is 4.79 Å². The fourth-order valence-electron chi connectivity index (χ4n) is 1.12. The highest BCUT2D eigenvalue weighted by atomic mass is 35.5. The van der Waals surface area contributed by atoms with Crippen LogP contribution in [0.15, 0.2) is 36.0 Å². The van der Waals surface area contributed by atoms with Gasteiger partial charge in [0, 0.05) is 22.4 Å². The molecule has 1 N–H and O–H groups in total. The molecule has 82 valence electrons. The average molecular weight is 235 g/mol. The summed E-state index contributed by atoms with van der Waals surface area (Å²) in [5.41, 5.74) is 1.24. The largest absolute Gasteiger partial charge is 0.376 e. The lowest BCUT2D eigenvalue weighted by atomic mass is 10.1. The molecule has 0 aliphatic carbocycles. The second-order valence-corrected chi connectivity index (χ2v) is 3.65. The number of allylic oxidation sites excluding steroid dienone is 2. The molecule has 0 spiro atoms. The van der Waals surface area contributed by atoms with Crippen LogP contribution in [0.5, 0.6) is 0 Å². The fourth-order valence-corrected chi connectivity index (χ4v) is 1.25. The highest BCUT2D eigenvalue weighted by Gasteiger charge is 2.02. The summed E-state index contributed by atoms with van der Waals surface area (Å²) < 4.78 is 0. The molecule has 0 fully saturated rings. The van der Waals surface area contributed by atoms with E-state index < -0.39 is 0 Å². The standard InChI is InChI=1S/C12H11ClN2O/c1-9(15-7-6-14)8-12(16)10-2-4-11(13)5-3-10/h2-5,8,15H,7H2,1H3. The van der Waals surface area contributed by atoms with Crippen LogP contribution in [0.4, 0.5) is 0 Å². The summed E-state index contributed by atoms with van der Waals surface area (Å²) in [5, 5.41) is 11.8. The number of carbonyl (C=O) groups is 1. The van der Waals surface area contributed by atoms with E-state index in [2.05, 4.69) is 5.32 Å². The molecule has 0 heterocycles. The molecule has 0 saturated heterocycles. The lowest BCUT2D eigenvalue weighted by molar-refractivity contribution is 0.104. The number of nitriles is 1. The summed E-state index contributed by atoms with van der Waals surface area (Å²) in [4.78, 5) is 11.7. The van der Waals surface area contributed by atoms with Gasteiger partial charge in [0.2, 0.25) is 0 Å². The van der Waals surface area contributed by atoms with Crippen LogP contribution in [-0.2, 0) is 0 Å². The zero-order valence-corrected chi connectivity index (χ0v) is 9.58. The predicted octanol–water partition coefficient (Wildman–Crippen LogP) is 2.54. The number of halogens is 1. The zero-order chi connectivity index (χ0) is 12.0. The Morgan fingerprint density at radius 3 is 2.69 bits per heavy atom. The molecule has 1 rings (SSSR count). The molecule has 0 bridgehead atoms. The van der Waals surface area contributed by atoms with Crippen LogP contribution in [0.25, 0.3) is 0 Å². The zero-order valence-electron chi connectivity index (χ0n) is 8.83. The van der Waals surface area contributed by atoms with Crippen molar-refractivity contribution in [3.05, 3.63) is 46.6 Å². The third-order valence-electron chi connectivity index (χ3n) is 1.92. The Morgan fingerprint density at radius 2 is 2.12 bits per heavy atom. The number of rotatable bonds is 4. The first-order valence-electron chi connectivity index (χ1n) is 4.72. The van der Waals surface area contributed by atoms with Gasteiger partial charge in [-0.25, -0.2) is 0 Å². The Hall–Kier alpha value is -1.79. The fraction of sp³-hybridized carbons (Fsp3) is 0.167. The lowest BCUT2D eigenvalue weighted by Crippen LogP contribution is -2.12. The number of nitrogens with one attached hydrogen (secondary N) is 1. The maximum atomic E-state index is 11.7. The van der Waals surface area contributed by atoms with E-state index in [-0.39, 0.29) is 12.3 Å². The minimum absolute atomic E-state index is 0.111. The third-order valence-corrected chi connectivity index (χ3v) is 2.17. The molecule has 0 aromatic heterocycles. The van der Waals surface area contributed by atoms with E-state index in [0.717, 1.165) is 0 Å². The molecule has 1 aromatic rings. The molecule has 0 amide bonds. The minimum Gasteiger partial charge on any atom is -0.376 e. The highest BCUT2D eigenvalue weighted by Crippen LogP contribution is 2.10. The molecule has 16 heavy (non-hydrogen) atoms. The normalized spacial score (nSPS) is 10.7. The van der Waals surface area contributed by atoms with Crippen molar-refractivity contribution >= 4 is 17.4 Å². The smallest absolute Gasteiger partial charge is 0.187 e.